The summed E-state index contributed by atoms with van der Waals surface area (Å²) in [4.78, 5) is 21.9. The van der Waals surface area contributed by atoms with Crippen LogP contribution in [-0.4, -0.2) is 50.3 Å². The molecular weight excluding hydrogens is 306 g/mol. The molecular formula is C14H16ClN5O2. The van der Waals surface area contributed by atoms with Crippen molar-refractivity contribution in [3.05, 3.63) is 35.0 Å². The molecule has 8 heteroatoms. The molecule has 1 saturated heterocycles. The van der Waals surface area contributed by atoms with E-state index < -0.39 is 0 Å². The van der Waals surface area contributed by atoms with E-state index in [-0.39, 0.29) is 11.8 Å². The zero-order chi connectivity index (χ0) is 15.7. The molecule has 116 valence electrons. The second-order valence-corrected chi connectivity index (χ2v) is 5.75. The Bertz CT molecular complexity index is 677. The molecule has 0 aromatic carbocycles. The lowest BCUT2D eigenvalue weighted by atomic mass is 10.0. The third kappa shape index (κ3) is 3.04. The molecule has 0 unspecified atom stereocenters. The minimum atomic E-state index is -0.0394. The highest BCUT2D eigenvalue weighted by Crippen LogP contribution is 2.20. The van der Waals surface area contributed by atoms with Crippen LogP contribution in [0.2, 0.25) is 5.15 Å². The maximum absolute atomic E-state index is 12.2. The number of hydrogen-bond acceptors (Lipinski definition) is 5. The fraction of sp³-hybridized carbons (Fsp3) is 0.429. The van der Waals surface area contributed by atoms with Gasteiger partial charge in [0.15, 0.2) is 10.8 Å². The summed E-state index contributed by atoms with van der Waals surface area (Å²) < 4.78 is 7.23. The summed E-state index contributed by atoms with van der Waals surface area (Å²) in [6.45, 7) is 3.72. The van der Waals surface area contributed by atoms with E-state index in [1.165, 1.54) is 12.4 Å². The lowest BCUT2D eigenvalue weighted by Gasteiger charge is -2.38. The monoisotopic (exact) mass is 321 g/mol. The van der Waals surface area contributed by atoms with Crippen molar-refractivity contribution >= 4 is 17.5 Å². The van der Waals surface area contributed by atoms with Crippen LogP contribution in [0.3, 0.4) is 0 Å². The lowest BCUT2D eigenvalue weighted by molar-refractivity contribution is 0.0381. The van der Waals surface area contributed by atoms with Crippen LogP contribution in [0.15, 0.2) is 18.5 Å². The maximum Gasteiger partial charge on any atom is 0.274 e. The molecule has 0 atom stereocenters. The number of nitrogens with zero attached hydrogens (tertiary/aromatic N) is 5. The molecule has 3 rings (SSSR count). The molecule has 2 aromatic rings. The van der Waals surface area contributed by atoms with Gasteiger partial charge in [-0.1, -0.05) is 11.6 Å². The van der Waals surface area contributed by atoms with E-state index in [0.29, 0.717) is 36.4 Å². The SMILES string of the molecule is Cc1cc(C(=O)N2CC(COc3cncc(Cl)n3)C2)nn1C. The Morgan fingerprint density at radius 2 is 2.23 bits per heavy atom. The van der Waals surface area contributed by atoms with Crippen LogP contribution in [0.5, 0.6) is 5.88 Å². The van der Waals surface area contributed by atoms with E-state index in [1.54, 1.807) is 15.6 Å². The largest absolute Gasteiger partial charge is 0.476 e. The smallest absolute Gasteiger partial charge is 0.274 e. The van der Waals surface area contributed by atoms with Crippen molar-refractivity contribution in [2.75, 3.05) is 19.7 Å². The third-order valence-corrected chi connectivity index (χ3v) is 3.81. The first-order valence-electron chi connectivity index (χ1n) is 6.93. The highest BCUT2D eigenvalue weighted by atomic mass is 35.5. The summed E-state index contributed by atoms with van der Waals surface area (Å²) in [6, 6.07) is 1.80. The molecule has 1 amide bonds. The number of halogens is 1. The summed E-state index contributed by atoms with van der Waals surface area (Å²) in [5.74, 6) is 0.648. The standard InChI is InChI=1S/C14H16ClN5O2/c1-9-3-11(18-19(9)2)14(21)20-6-10(7-20)8-22-13-5-16-4-12(15)17-13/h3-5,10H,6-8H2,1-2H3. The van der Waals surface area contributed by atoms with Gasteiger partial charge in [0.25, 0.3) is 5.91 Å². The van der Waals surface area contributed by atoms with Gasteiger partial charge < -0.3 is 9.64 Å². The predicted molar refractivity (Wildman–Crippen MR) is 79.9 cm³/mol. The van der Waals surface area contributed by atoms with Gasteiger partial charge in [0.05, 0.1) is 19.0 Å². The molecule has 0 spiro atoms. The number of carbonyl (C=O) groups is 1. The first-order valence-corrected chi connectivity index (χ1v) is 7.31. The molecule has 2 aromatic heterocycles. The summed E-state index contributed by atoms with van der Waals surface area (Å²) in [6.07, 6.45) is 2.97. The average Bonchev–Trinajstić information content (AvgIpc) is 2.77. The number of amides is 1. The molecule has 0 saturated carbocycles. The number of ether oxygens (including phenoxy) is 1. The Kier molecular flexibility index (Phi) is 3.98. The highest BCUT2D eigenvalue weighted by Gasteiger charge is 2.32. The van der Waals surface area contributed by atoms with E-state index >= 15 is 0 Å². The van der Waals surface area contributed by atoms with Crippen LogP contribution in [0.4, 0.5) is 0 Å². The number of carbonyl (C=O) groups excluding carboxylic acids is 1. The summed E-state index contributed by atoms with van der Waals surface area (Å²) in [5.41, 5.74) is 1.45. The lowest BCUT2D eigenvalue weighted by Crippen LogP contribution is -2.52. The highest BCUT2D eigenvalue weighted by molar-refractivity contribution is 6.29. The molecule has 0 aliphatic carbocycles. The van der Waals surface area contributed by atoms with Gasteiger partial charge in [-0.3, -0.25) is 14.5 Å². The second-order valence-electron chi connectivity index (χ2n) is 5.36. The molecule has 0 bridgehead atoms. The first kappa shape index (κ1) is 14.8. The van der Waals surface area contributed by atoms with Crippen molar-refractivity contribution in [2.45, 2.75) is 6.92 Å². The zero-order valence-electron chi connectivity index (χ0n) is 12.4. The van der Waals surface area contributed by atoms with Crippen molar-refractivity contribution in [1.82, 2.24) is 24.6 Å². The van der Waals surface area contributed by atoms with E-state index in [0.717, 1.165) is 5.69 Å². The van der Waals surface area contributed by atoms with Crippen molar-refractivity contribution in [1.29, 1.82) is 0 Å². The molecule has 0 N–H and O–H groups in total. The Balaban J connectivity index is 1.48. The van der Waals surface area contributed by atoms with E-state index in [2.05, 4.69) is 15.1 Å². The number of likely N-dealkylation sites (tertiary alicyclic amines) is 1. The van der Waals surface area contributed by atoms with Gasteiger partial charge in [0.2, 0.25) is 5.88 Å². The van der Waals surface area contributed by atoms with Gasteiger partial charge in [-0.2, -0.15) is 10.1 Å². The summed E-state index contributed by atoms with van der Waals surface area (Å²) in [7, 11) is 1.82. The minimum absolute atomic E-state index is 0.0394. The van der Waals surface area contributed by atoms with Gasteiger partial charge in [-0.25, -0.2) is 0 Å². The Hall–Kier alpha value is -2.15. The molecule has 0 radical (unpaired) electrons. The quantitative estimate of drug-likeness (QED) is 0.849. The molecule has 1 aliphatic heterocycles. The third-order valence-electron chi connectivity index (χ3n) is 3.63. The summed E-state index contributed by atoms with van der Waals surface area (Å²) >= 11 is 5.74. The zero-order valence-corrected chi connectivity index (χ0v) is 13.1. The van der Waals surface area contributed by atoms with Crippen LogP contribution in [0.1, 0.15) is 16.2 Å². The fourth-order valence-corrected chi connectivity index (χ4v) is 2.41. The van der Waals surface area contributed by atoms with E-state index in [9.17, 15) is 4.79 Å². The number of hydrogen-bond donors (Lipinski definition) is 0. The molecule has 1 fully saturated rings. The molecule has 7 nitrogen and oxygen atoms in total. The van der Waals surface area contributed by atoms with Crippen molar-refractivity contribution in [3.63, 3.8) is 0 Å². The van der Waals surface area contributed by atoms with Crippen LogP contribution in [0.25, 0.3) is 0 Å². The van der Waals surface area contributed by atoms with E-state index in [4.69, 9.17) is 16.3 Å². The molecule has 1 aliphatic rings. The molecule has 22 heavy (non-hydrogen) atoms. The van der Waals surface area contributed by atoms with Crippen LogP contribution < -0.4 is 4.74 Å². The van der Waals surface area contributed by atoms with Gasteiger partial charge in [-0.05, 0) is 13.0 Å². The number of aryl methyl sites for hydroxylation is 2. The van der Waals surface area contributed by atoms with Gasteiger partial charge in [0.1, 0.15) is 0 Å². The van der Waals surface area contributed by atoms with Crippen molar-refractivity contribution in [3.8, 4) is 5.88 Å². The predicted octanol–water partition coefficient (Wildman–Crippen LogP) is 1.32. The topological polar surface area (TPSA) is 73.1 Å². The van der Waals surface area contributed by atoms with Crippen LogP contribution in [-0.2, 0) is 7.05 Å². The minimum Gasteiger partial charge on any atom is -0.476 e. The van der Waals surface area contributed by atoms with Gasteiger partial charge in [-0.15, -0.1) is 0 Å². The van der Waals surface area contributed by atoms with Crippen molar-refractivity contribution < 1.29 is 9.53 Å². The fourth-order valence-electron chi connectivity index (χ4n) is 2.27. The van der Waals surface area contributed by atoms with Crippen LogP contribution in [0, 0.1) is 12.8 Å². The van der Waals surface area contributed by atoms with E-state index in [1.807, 2.05) is 14.0 Å². The Labute approximate surface area is 132 Å². The first-order chi connectivity index (χ1) is 10.5. The second kappa shape index (κ2) is 5.92. The van der Waals surface area contributed by atoms with Crippen LogP contribution >= 0.6 is 11.6 Å². The average molecular weight is 322 g/mol. The summed E-state index contributed by atoms with van der Waals surface area (Å²) in [5, 5.41) is 4.50. The van der Waals surface area contributed by atoms with Crippen molar-refractivity contribution in [2.24, 2.45) is 13.0 Å². The number of rotatable bonds is 4. The molecule has 3 heterocycles. The Morgan fingerprint density at radius 3 is 2.86 bits per heavy atom. The van der Waals surface area contributed by atoms with Gasteiger partial charge >= 0.3 is 0 Å². The normalized spacial score (nSPS) is 14.8. The maximum atomic E-state index is 12.2. The number of aromatic nitrogens is 4. The Morgan fingerprint density at radius 1 is 1.45 bits per heavy atom. The van der Waals surface area contributed by atoms with Gasteiger partial charge in [0, 0.05) is 31.7 Å².